The molecule has 0 fully saturated rings. The standard InChI is InChI=1S/C23H18Cl2N2O3/c1-2-15-5-3-4-6-22(15)27-23(28)16(13-26)11-18-7-8-19(30-18)14-29-17-9-10-20(24)21(25)12-17/h3-12H,2,14H2,1H3,(H,27,28). The fourth-order valence-electron chi connectivity index (χ4n) is 2.70. The van der Waals surface area contributed by atoms with E-state index in [1.165, 1.54) is 6.08 Å². The number of rotatable bonds is 7. The Kier molecular flexibility index (Phi) is 7.18. The number of halogens is 2. The number of amides is 1. The van der Waals surface area contributed by atoms with Crippen LogP contribution in [0, 0.1) is 11.3 Å². The summed E-state index contributed by atoms with van der Waals surface area (Å²) < 4.78 is 11.3. The Morgan fingerprint density at radius 2 is 1.97 bits per heavy atom. The SMILES string of the molecule is CCc1ccccc1NC(=O)C(C#N)=Cc1ccc(COc2ccc(Cl)c(Cl)c2)o1. The van der Waals surface area contributed by atoms with Crippen LogP contribution in [0.25, 0.3) is 6.08 Å². The first-order valence-corrected chi connectivity index (χ1v) is 9.93. The maximum atomic E-state index is 12.5. The summed E-state index contributed by atoms with van der Waals surface area (Å²) in [5.41, 5.74) is 1.61. The monoisotopic (exact) mass is 440 g/mol. The van der Waals surface area contributed by atoms with Crippen LogP contribution < -0.4 is 10.1 Å². The summed E-state index contributed by atoms with van der Waals surface area (Å²) in [5, 5.41) is 13.0. The first-order chi connectivity index (χ1) is 14.5. The molecule has 1 N–H and O–H groups in total. The van der Waals surface area contributed by atoms with Gasteiger partial charge < -0.3 is 14.5 Å². The third kappa shape index (κ3) is 5.44. The molecular weight excluding hydrogens is 423 g/mol. The van der Waals surface area contributed by atoms with Gasteiger partial charge in [-0.1, -0.05) is 48.3 Å². The summed E-state index contributed by atoms with van der Waals surface area (Å²) in [7, 11) is 0. The Bertz CT molecular complexity index is 1130. The number of furan rings is 1. The van der Waals surface area contributed by atoms with Crippen molar-refractivity contribution in [3.63, 3.8) is 0 Å². The number of hydrogen-bond acceptors (Lipinski definition) is 4. The minimum absolute atomic E-state index is 0.0628. The quantitative estimate of drug-likeness (QED) is 0.346. The highest BCUT2D eigenvalue weighted by molar-refractivity contribution is 6.42. The minimum atomic E-state index is -0.497. The fraction of sp³-hybridized carbons (Fsp3) is 0.130. The molecule has 1 aromatic heterocycles. The second-order valence-corrected chi connectivity index (χ2v) is 7.12. The van der Waals surface area contributed by atoms with E-state index in [2.05, 4.69) is 5.32 Å². The molecule has 0 atom stereocenters. The van der Waals surface area contributed by atoms with Crippen LogP contribution in [0.2, 0.25) is 10.0 Å². The molecule has 0 aliphatic heterocycles. The van der Waals surface area contributed by atoms with Crippen molar-refractivity contribution in [3.05, 3.63) is 87.3 Å². The number of nitrogens with zero attached hydrogens (tertiary/aromatic N) is 1. The van der Waals surface area contributed by atoms with E-state index in [1.807, 2.05) is 31.2 Å². The highest BCUT2D eigenvalue weighted by atomic mass is 35.5. The molecule has 0 aliphatic rings. The van der Waals surface area contributed by atoms with Gasteiger partial charge in [0.1, 0.15) is 35.5 Å². The molecule has 0 spiro atoms. The normalized spacial score (nSPS) is 11.1. The van der Waals surface area contributed by atoms with Gasteiger partial charge in [-0.25, -0.2) is 0 Å². The molecule has 3 aromatic rings. The third-order valence-electron chi connectivity index (χ3n) is 4.25. The van der Waals surface area contributed by atoms with E-state index in [9.17, 15) is 10.1 Å². The maximum absolute atomic E-state index is 12.5. The summed E-state index contributed by atoms with van der Waals surface area (Å²) in [5.74, 6) is 0.951. The minimum Gasteiger partial charge on any atom is -0.486 e. The van der Waals surface area contributed by atoms with E-state index in [-0.39, 0.29) is 12.2 Å². The largest absolute Gasteiger partial charge is 0.486 e. The Morgan fingerprint density at radius 3 is 2.70 bits per heavy atom. The van der Waals surface area contributed by atoms with Gasteiger partial charge >= 0.3 is 0 Å². The lowest BCUT2D eigenvalue weighted by molar-refractivity contribution is -0.112. The Morgan fingerprint density at radius 1 is 1.17 bits per heavy atom. The van der Waals surface area contributed by atoms with Gasteiger partial charge in [0.15, 0.2) is 0 Å². The average molecular weight is 441 g/mol. The number of benzene rings is 2. The Hall–Kier alpha value is -3.20. The maximum Gasteiger partial charge on any atom is 0.266 e. The molecule has 0 saturated heterocycles. The van der Waals surface area contributed by atoms with Gasteiger partial charge in [-0.15, -0.1) is 0 Å². The van der Waals surface area contributed by atoms with Crippen molar-refractivity contribution in [1.82, 2.24) is 0 Å². The predicted octanol–water partition coefficient (Wildman–Crippen LogP) is 6.27. The van der Waals surface area contributed by atoms with E-state index < -0.39 is 5.91 Å². The summed E-state index contributed by atoms with van der Waals surface area (Å²) in [6.45, 7) is 2.15. The van der Waals surface area contributed by atoms with Crippen molar-refractivity contribution >= 4 is 40.9 Å². The van der Waals surface area contributed by atoms with Gasteiger partial charge in [0.25, 0.3) is 5.91 Å². The lowest BCUT2D eigenvalue weighted by Crippen LogP contribution is -2.14. The average Bonchev–Trinajstić information content (AvgIpc) is 3.20. The molecule has 3 rings (SSSR count). The van der Waals surface area contributed by atoms with E-state index >= 15 is 0 Å². The lowest BCUT2D eigenvalue weighted by Gasteiger charge is -2.08. The first-order valence-electron chi connectivity index (χ1n) is 9.17. The summed E-state index contributed by atoms with van der Waals surface area (Å²) in [6, 6.07) is 17.7. The van der Waals surface area contributed by atoms with Crippen LogP contribution in [0.15, 0.2) is 64.6 Å². The van der Waals surface area contributed by atoms with E-state index in [0.29, 0.717) is 33.0 Å². The summed E-state index contributed by atoms with van der Waals surface area (Å²) in [6.07, 6.45) is 2.16. The summed E-state index contributed by atoms with van der Waals surface area (Å²) in [4.78, 5) is 12.5. The van der Waals surface area contributed by atoms with Gasteiger partial charge in [-0.3, -0.25) is 4.79 Å². The van der Waals surface area contributed by atoms with E-state index in [1.54, 1.807) is 36.4 Å². The Balaban J connectivity index is 1.67. The van der Waals surface area contributed by atoms with Crippen LogP contribution in [0.1, 0.15) is 24.0 Å². The highest BCUT2D eigenvalue weighted by Gasteiger charge is 2.13. The van der Waals surface area contributed by atoms with Crippen LogP contribution in [0.3, 0.4) is 0 Å². The number of carbonyl (C=O) groups is 1. The second-order valence-electron chi connectivity index (χ2n) is 6.30. The number of ether oxygens (including phenoxy) is 1. The Labute approximate surface area is 184 Å². The predicted molar refractivity (Wildman–Crippen MR) is 118 cm³/mol. The molecule has 1 heterocycles. The number of nitrogens with one attached hydrogen (secondary N) is 1. The fourth-order valence-corrected chi connectivity index (χ4v) is 2.99. The number of carbonyl (C=O) groups excluding carboxylic acids is 1. The first kappa shape index (κ1) is 21.5. The number of hydrogen-bond donors (Lipinski definition) is 1. The van der Waals surface area contributed by atoms with Crippen molar-refractivity contribution in [2.24, 2.45) is 0 Å². The van der Waals surface area contributed by atoms with E-state index in [0.717, 1.165) is 12.0 Å². The molecule has 0 aliphatic carbocycles. The smallest absolute Gasteiger partial charge is 0.266 e. The third-order valence-corrected chi connectivity index (χ3v) is 4.99. The molecule has 1 amide bonds. The zero-order valence-electron chi connectivity index (χ0n) is 16.1. The molecule has 30 heavy (non-hydrogen) atoms. The zero-order chi connectivity index (χ0) is 21.5. The molecule has 7 heteroatoms. The molecule has 0 unspecified atom stereocenters. The number of aryl methyl sites for hydroxylation is 1. The van der Waals surface area contributed by atoms with Gasteiger partial charge in [-0.05, 0) is 42.3 Å². The van der Waals surface area contributed by atoms with Crippen LogP contribution in [-0.4, -0.2) is 5.91 Å². The molecule has 0 saturated carbocycles. The van der Waals surface area contributed by atoms with Crippen molar-refractivity contribution in [2.75, 3.05) is 5.32 Å². The molecule has 0 bridgehead atoms. The van der Waals surface area contributed by atoms with Gasteiger partial charge in [-0.2, -0.15) is 5.26 Å². The van der Waals surface area contributed by atoms with Gasteiger partial charge in [0.2, 0.25) is 0 Å². The second kappa shape index (κ2) is 10.0. The van der Waals surface area contributed by atoms with Crippen LogP contribution in [0.5, 0.6) is 5.75 Å². The number of nitriles is 1. The van der Waals surface area contributed by atoms with Crippen LogP contribution >= 0.6 is 23.2 Å². The molecular formula is C23H18Cl2N2O3. The lowest BCUT2D eigenvalue weighted by atomic mass is 10.1. The van der Waals surface area contributed by atoms with Crippen molar-refractivity contribution < 1.29 is 13.9 Å². The van der Waals surface area contributed by atoms with E-state index in [4.69, 9.17) is 32.4 Å². The zero-order valence-corrected chi connectivity index (χ0v) is 17.6. The summed E-state index contributed by atoms with van der Waals surface area (Å²) >= 11 is 11.9. The van der Waals surface area contributed by atoms with Crippen molar-refractivity contribution in [2.45, 2.75) is 20.0 Å². The molecule has 2 aromatic carbocycles. The molecule has 152 valence electrons. The number of anilines is 1. The topological polar surface area (TPSA) is 75.3 Å². The highest BCUT2D eigenvalue weighted by Crippen LogP contribution is 2.27. The van der Waals surface area contributed by atoms with Crippen LogP contribution in [0.4, 0.5) is 5.69 Å². The van der Waals surface area contributed by atoms with Crippen LogP contribution in [-0.2, 0) is 17.8 Å². The molecule has 0 radical (unpaired) electrons. The molecule has 5 nitrogen and oxygen atoms in total. The number of para-hydroxylation sites is 1. The van der Waals surface area contributed by atoms with Gasteiger partial charge in [0, 0.05) is 17.8 Å². The van der Waals surface area contributed by atoms with Crippen molar-refractivity contribution in [1.29, 1.82) is 5.26 Å². The van der Waals surface area contributed by atoms with Crippen molar-refractivity contribution in [3.8, 4) is 11.8 Å². The van der Waals surface area contributed by atoms with Gasteiger partial charge in [0.05, 0.1) is 10.0 Å².